The molecule has 0 saturated carbocycles. The molecule has 0 amide bonds. The number of esters is 1. The molecule has 0 spiro atoms. The number of halogens is 1. The molecular formula is C7H13BrO2Zn. The summed E-state index contributed by atoms with van der Waals surface area (Å²) < 4.78 is 4.40. The van der Waals surface area contributed by atoms with E-state index in [-0.39, 0.29) is 5.97 Å². The predicted octanol–water partition coefficient (Wildman–Crippen LogP) is 2.40. The summed E-state index contributed by atoms with van der Waals surface area (Å²) in [5, 5.41) is 0. The monoisotopic (exact) mass is 272 g/mol. The zero-order valence-corrected chi connectivity index (χ0v) is 11.7. The average molecular weight is 274 g/mol. The van der Waals surface area contributed by atoms with Crippen molar-refractivity contribution in [1.29, 1.82) is 0 Å². The van der Waals surface area contributed by atoms with Crippen LogP contribution in [0.3, 0.4) is 0 Å². The summed E-state index contributed by atoms with van der Waals surface area (Å²) in [6.45, 7) is 2.09. The van der Waals surface area contributed by atoms with Crippen LogP contribution in [0.25, 0.3) is 0 Å². The molecule has 0 aromatic heterocycles. The molecule has 0 unspecified atom stereocenters. The van der Waals surface area contributed by atoms with Gasteiger partial charge < -0.3 is 4.74 Å². The van der Waals surface area contributed by atoms with E-state index in [1.165, 1.54) is 23.5 Å². The van der Waals surface area contributed by atoms with Crippen molar-refractivity contribution in [2.45, 2.75) is 26.2 Å². The third-order valence-corrected chi connectivity index (χ3v) is 1.07. The van der Waals surface area contributed by atoms with E-state index in [9.17, 15) is 4.79 Å². The summed E-state index contributed by atoms with van der Waals surface area (Å²) in [4.78, 5) is 10.4. The van der Waals surface area contributed by atoms with E-state index >= 15 is 0 Å². The number of hydrogen-bond acceptors (Lipinski definition) is 2. The van der Waals surface area contributed by atoms with Gasteiger partial charge in [-0.05, 0) is 0 Å². The molecule has 0 bridgehead atoms. The second-order valence-electron chi connectivity index (χ2n) is 1.87. The average Bonchev–Trinajstić information content (AvgIpc) is 2.08. The van der Waals surface area contributed by atoms with Crippen LogP contribution in [-0.2, 0) is 25.9 Å². The topological polar surface area (TPSA) is 26.3 Å². The molecule has 11 heavy (non-hydrogen) atoms. The van der Waals surface area contributed by atoms with Gasteiger partial charge in [0, 0.05) is 0 Å². The van der Waals surface area contributed by atoms with Crippen LogP contribution < -0.4 is 0 Å². The Morgan fingerprint density at radius 2 is 2.18 bits per heavy atom. The Morgan fingerprint density at radius 1 is 1.64 bits per heavy atom. The van der Waals surface area contributed by atoms with Crippen LogP contribution >= 0.6 is 13.6 Å². The predicted molar refractivity (Wildman–Crippen MR) is 44.8 cm³/mol. The number of rotatable bonds is 4. The third-order valence-electron chi connectivity index (χ3n) is 1.07. The van der Waals surface area contributed by atoms with Crippen molar-refractivity contribution >= 4 is 19.6 Å². The fourth-order valence-corrected chi connectivity index (χ4v) is 0.507. The first kappa shape index (κ1) is 14.0. The van der Waals surface area contributed by atoms with Crippen molar-refractivity contribution in [2.24, 2.45) is 0 Å². The van der Waals surface area contributed by atoms with E-state index in [4.69, 9.17) is 0 Å². The van der Waals surface area contributed by atoms with Gasteiger partial charge in [0.15, 0.2) is 5.97 Å². The molecule has 0 N–H and O–H groups in total. The molecule has 2 nitrogen and oxygen atoms in total. The van der Waals surface area contributed by atoms with E-state index in [0.29, 0.717) is 0 Å². The van der Waals surface area contributed by atoms with Gasteiger partial charge in [-0.25, -0.2) is 0 Å². The third kappa shape index (κ3) is 13.4. The Kier molecular flexibility index (Phi) is 16.6. The van der Waals surface area contributed by atoms with Gasteiger partial charge >= 0.3 is 30.0 Å². The van der Waals surface area contributed by atoms with E-state index < -0.39 is 0 Å². The number of unbranched alkanes of at least 4 members (excludes halogenated alkanes) is 2. The number of carbonyl (C=O) groups is 1. The SMILES string of the molecule is CCCC[CH-]C(=O)OC.[Zn+][Br]. The standard InChI is InChI=1S/C7H13O2.BrH.Zn/c1-3-4-5-6-7(8)9-2;;/h6H,3-5H2,1-2H3;1H;/q-1;;+2/p-1. The fraction of sp³-hybridized carbons (Fsp3) is 0.714. The van der Waals surface area contributed by atoms with Crippen molar-refractivity contribution in [2.75, 3.05) is 7.11 Å². The quantitative estimate of drug-likeness (QED) is 0.340. The maximum atomic E-state index is 10.4. The summed E-state index contributed by atoms with van der Waals surface area (Å²) in [5.41, 5.74) is 0. The molecule has 0 atom stereocenters. The number of methoxy groups -OCH3 is 1. The first-order valence-electron chi connectivity index (χ1n) is 3.49. The minimum absolute atomic E-state index is 0.219. The molecule has 0 aliphatic carbocycles. The van der Waals surface area contributed by atoms with Crippen molar-refractivity contribution in [3.05, 3.63) is 6.42 Å². The molecule has 4 heteroatoms. The van der Waals surface area contributed by atoms with Crippen LogP contribution in [0.15, 0.2) is 0 Å². The van der Waals surface area contributed by atoms with Gasteiger partial charge in [-0.3, -0.25) is 11.2 Å². The van der Waals surface area contributed by atoms with E-state index in [1.807, 2.05) is 0 Å². The van der Waals surface area contributed by atoms with Crippen molar-refractivity contribution in [3.63, 3.8) is 0 Å². The van der Waals surface area contributed by atoms with E-state index in [1.54, 1.807) is 6.42 Å². The number of hydrogen-bond donors (Lipinski definition) is 0. The van der Waals surface area contributed by atoms with Crippen LogP contribution in [0.5, 0.6) is 0 Å². The molecule has 0 heterocycles. The Bertz CT molecular complexity index is 88.5. The van der Waals surface area contributed by atoms with Crippen LogP contribution in [0.2, 0.25) is 0 Å². The molecule has 0 saturated heterocycles. The van der Waals surface area contributed by atoms with E-state index in [2.05, 4.69) is 25.3 Å². The van der Waals surface area contributed by atoms with E-state index in [0.717, 1.165) is 19.3 Å². The first-order valence-corrected chi connectivity index (χ1v) is 10.4. The van der Waals surface area contributed by atoms with Crippen LogP contribution in [0.4, 0.5) is 0 Å². The molecular weight excluding hydrogens is 261 g/mol. The number of ether oxygens (including phenoxy) is 1. The van der Waals surface area contributed by atoms with Crippen LogP contribution in [0.1, 0.15) is 26.2 Å². The first-order chi connectivity index (χ1) is 5.31. The van der Waals surface area contributed by atoms with Gasteiger partial charge in [0.25, 0.3) is 0 Å². The summed E-state index contributed by atoms with van der Waals surface area (Å²) in [6, 6.07) is 0. The summed E-state index contributed by atoms with van der Waals surface area (Å²) >= 11 is 4.25. The van der Waals surface area contributed by atoms with Crippen molar-refractivity contribution in [3.8, 4) is 0 Å². The van der Waals surface area contributed by atoms with Gasteiger partial charge in [-0.15, -0.1) is 0 Å². The summed E-state index contributed by atoms with van der Waals surface area (Å²) in [7, 11) is 1.39. The van der Waals surface area contributed by atoms with Gasteiger partial charge in [-0.1, -0.05) is 19.8 Å². The Labute approximate surface area is 85.1 Å². The van der Waals surface area contributed by atoms with Gasteiger partial charge in [0.05, 0.1) is 7.11 Å². The summed E-state index contributed by atoms with van der Waals surface area (Å²) in [6.07, 6.45) is 4.59. The fourth-order valence-electron chi connectivity index (χ4n) is 0.507. The van der Waals surface area contributed by atoms with Gasteiger partial charge in [0.2, 0.25) is 0 Å². The zero-order chi connectivity index (χ0) is 9.11. The van der Waals surface area contributed by atoms with Gasteiger partial charge in [0.1, 0.15) is 0 Å². The van der Waals surface area contributed by atoms with Crippen LogP contribution in [0, 0.1) is 6.42 Å². The Hall–Kier alpha value is 0.443. The second-order valence-corrected chi connectivity index (χ2v) is 1.87. The minimum atomic E-state index is -0.219. The molecule has 0 aliphatic heterocycles. The van der Waals surface area contributed by atoms with Gasteiger partial charge in [-0.2, -0.15) is 6.42 Å². The normalized spacial score (nSPS) is 7.73. The Balaban J connectivity index is 0. The molecule has 62 valence electrons. The molecule has 0 aromatic carbocycles. The molecule has 0 fully saturated rings. The Morgan fingerprint density at radius 3 is 2.55 bits per heavy atom. The second kappa shape index (κ2) is 13.1. The number of carbonyl (C=O) groups excluding carboxylic acids is 1. The molecule has 0 aliphatic rings. The molecule has 0 rings (SSSR count). The maximum absolute atomic E-state index is 10.4. The van der Waals surface area contributed by atoms with Crippen molar-refractivity contribution in [1.82, 2.24) is 0 Å². The summed E-state index contributed by atoms with van der Waals surface area (Å²) in [5.74, 6) is -0.219. The van der Waals surface area contributed by atoms with Crippen molar-refractivity contribution < 1.29 is 25.9 Å². The van der Waals surface area contributed by atoms with Crippen LogP contribution in [-0.4, -0.2) is 13.1 Å². The molecule has 0 radical (unpaired) electrons. The molecule has 0 aromatic rings. The zero-order valence-electron chi connectivity index (χ0n) is 7.10.